The average Bonchev–Trinajstić information content (AvgIpc) is 2.97. The van der Waals surface area contributed by atoms with Gasteiger partial charge in [0.1, 0.15) is 4.92 Å². The van der Waals surface area contributed by atoms with E-state index in [0.717, 1.165) is 11.6 Å². The molecule has 0 saturated heterocycles. The third-order valence-electron chi connectivity index (χ3n) is 2.84. The van der Waals surface area contributed by atoms with Crippen molar-refractivity contribution in [1.29, 1.82) is 0 Å². The Balaban J connectivity index is 2.16. The maximum absolute atomic E-state index is 12.3. The third-order valence-corrected chi connectivity index (χ3v) is 3.01. The molecule has 110 valence electrons. The molecule has 1 heterocycles. The van der Waals surface area contributed by atoms with Crippen LogP contribution in [-0.4, -0.2) is 28.2 Å². The third kappa shape index (κ3) is 3.82. The lowest BCUT2D eigenvalue weighted by Crippen LogP contribution is -2.32. The predicted molar refractivity (Wildman–Crippen MR) is 77.3 cm³/mol. The standard InChI is InChI=1S/C14H13ClN2O4/c15-8-9-16(10-11-4-2-1-3-5-11)14(18)12-6-7-13(21-12)17(19)20/h1-7H,8-10H2. The number of amides is 1. The second-order valence-electron chi connectivity index (χ2n) is 4.30. The van der Waals surface area contributed by atoms with Crippen LogP contribution in [0.25, 0.3) is 0 Å². The summed E-state index contributed by atoms with van der Waals surface area (Å²) in [5, 5.41) is 10.6. The molecule has 1 aromatic carbocycles. The summed E-state index contributed by atoms with van der Waals surface area (Å²) in [7, 11) is 0. The van der Waals surface area contributed by atoms with Crippen LogP contribution in [0.3, 0.4) is 0 Å². The van der Waals surface area contributed by atoms with Gasteiger partial charge in [-0.25, -0.2) is 0 Å². The molecule has 0 unspecified atom stereocenters. The lowest BCUT2D eigenvalue weighted by atomic mass is 10.2. The van der Waals surface area contributed by atoms with Gasteiger partial charge in [0.2, 0.25) is 0 Å². The van der Waals surface area contributed by atoms with Crippen LogP contribution in [0.4, 0.5) is 5.88 Å². The van der Waals surface area contributed by atoms with Gasteiger partial charge in [-0.2, -0.15) is 0 Å². The highest BCUT2D eigenvalue weighted by Gasteiger charge is 2.22. The van der Waals surface area contributed by atoms with Crippen LogP contribution in [-0.2, 0) is 6.54 Å². The van der Waals surface area contributed by atoms with Crippen LogP contribution < -0.4 is 0 Å². The number of hydrogen-bond donors (Lipinski definition) is 0. The van der Waals surface area contributed by atoms with Gasteiger partial charge in [0.15, 0.2) is 5.76 Å². The molecule has 6 nitrogen and oxygen atoms in total. The van der Waals surface area contributed by atoms with Crippen molar-refractivity contribution in [3.63, 3.8) is 0 Å². The summed E-state index contributed by atoms with van der Waals surface area (Å²) in [5.41, 5.74) is 0.942. The smallest absolute Gasteiger partial charge is 0.395 e. The summed E-state index contributed by atoms with van der Waals surface area (Å²) >= 11 is 5.72. The van der Waals surface area contributed by atoms with E-state index in [-0.39, 0.29) is 11.6 Å². The number of alkyl halides is 1. The van der Waals surface area contributed by atoms with Crippen molar-refractivity contribution in [2.24, 2.45) is 0 Å². The van der Waals surface area contributed by atoms with E-state index >= 15 is 0 Å². The molecule has 0 aliphatic carbocycles. The molecule has 7 heteroatoms. The molecule has 0 aliphatic rings. The Kier molecular flexibility index (Phi) is 4.94. The van der Waals surface area contributed by atoms with E-state index in [0.29, 0.717) is 13.1 Å². The Bertz CT molecular complexity index is 627. The van der Waals surface area contributed by atoms with E-state index in [2.05, 4.69) is 0 Å². The quantitative estimate of drug-likeness (QED) is 0.467. The van der Waals surface area contributed by atoms with Crippen LogP contribution >= 0.6 is 11.6 Å². The van der Waals surface area contributed by atoms with Crippen LogP contribution in [0, 0.1) is 10.1 Å². The van der Waals surface area contributed by atoms with Gasteiger partial charge in [0.05, 0.1) is 6.07 Å². The van der Waals surface area contributed by atoms with E-state index in [4.69, 9.17) is 16.0 Å². The SMILES string of the molecule is O=C(c1ccc([N+](=O)[O-])o1)N(CCCl)Cc1ccccc1. The minimum Gasteiger partial charge on any atom is -0.395 e. The fourth-order valence-corrected chi connectivity index (χ4v) is 2.06. The highest BCUT2D eigenvalue weighted by Crippen LogP contribution is 2.18. The molecule has 0 aliphatic heterocycles. The molecular formula is C14H13ClN2O4. The number of furan rings is 1. The molecule has 0 fully saturated rings. The van der Waals surface area contributed by atoms with Crippen molar-refractivity contribution in [2.45, 2.75) is 6.54 Å². The van der Waals surface area contributed by atoms with Crippen LogP contribution in [0.5, 0.6) is 0 Å². The molecule has 1 aromatic heterocycles. The summed E-state index contributed by atoms with van der Waals surface area (Å²) in [6.45, 7) is 0.685. The monoisotopic (exact) mass is 308 g/mol. The molecule has 0 N–H and O–H groups in total. The van der Waals surface area contributed by atoms with Crippen molar-refractivity contribution in [3.8, 4) is 0 Å². The first-order valence-electron chi connectivity index (χ1n) is 6.25. The Morgan fingerprint density at radius 1 is 1.24 bits per heavy atom. The lowest BCUT2D eigenvalue weighted by molar-refractivity contribution is -0.402. The van der Waals surface area contributed by atoms with Crippen molar-refractivity contribution in [2.75, 3.05) is 12.4 Å². The number of carbonyl (C=O) groups excluding carboxylic acids is 1. The van der Waals surface area contributed by atoms with E-state index in [1.165, 1.54) is 11.0 Å². The minimum absolute atomic E-state index is 0.0669. The Morgan fingerprint density at radius 3 is 2.52 bits per heavy atom. The van der Waals surface area contributed by atoms with Crippen LogP contribution in [0.15, 0.2) is 46.9 Å². The van der Waals surface area contributed by atoms with Gasteiger partial charge >= 0.3 is 5.88 Å². The zero-order valence-electron chi connectivity index (χ0n) is 11.1. The zero-order chi connectivity index (χ0) is 15.2. The normalized spacial score (nSPS) is 10.3. The highest BCUT2D eigenvalue weighted by molar-refractivity contribution is 6.18. The summed E-state index contributed by atoms with van der Waals surface area (Å²) in [6, 6.07) is 11.9. The summed E-state index contributed by atoms with van der Waals surface area (Å²) in [5.74, 6) is -0.680. The molecule has 0 radical (unpaired) electrons. The van der Waals surface area contributed by atoms with Crippen molar-refractivity contribution < 1.29 is 14.1 Å². The predicted octanol–water partition coefficient (Wildman–Crippen LogP) is 3.07. The molecule has 21 heavy (non-hydrogen) atoms. The number of nitro groups is 1. The maximum atomic E-state index is 12.3. The molecular weight excluding hydrogens is 296 g/mol. The highest BCUT2D eigenvalue weighted by atomic mass is 35.5. The minimum atomic E-state index is -0.681. The summed E-state index contributed by atoms with van der Waals surface area (Å²) in [6.07, 6.45) is 0. The van der Waals surface area contributed by atoms with E-state index in [1.807, 2.05) is 30.3 Å². The van der Waals surface area contributed by atoms with Gasteiger partial charge in [-0.15, -0.1) is 11.6 Å². The van der Waals surface area contributed by atoms with Crippen LogP contribution in [0.1, 0.15) is 16.1 Å². The molecule has 0 saturated carbocycles. The van der Waals surface area contributed by atoms with Crippen molar-refractivity contribution in [3.05, 3.63) is 63.9 Å². The molecule has 1 amide bonds. The van der Waals surface area contributed by atoms with Gasteiger partial charge in [0.25, 0.3) is 5.91 Å². The number of benzene rings is 1. The largest absolute Gasteiger partial charge is 0.433 e. The van der Waals surface area contributed by atoms with Gasteiger partial charge in [-0.1, -0.05) is 30.3 Å². The number of rotatable bonds is 6. The maximum Gasteiger partial charge on any atom is 0.433 e. The number of halogens is 1. The number of hydrogen-bond acceptors (Lipinski definition) is 4. The molecule has 2 aromatic rings. The van der Waals surface area contributed by atoms with E-state index < -0.39 is 16.7 Å². The molecule has 2 rings (SSSR count). The lowest BCUT2D eigenvalue weighted by Gasteiger charge is -2.20. The second kappa shape index (κ2) is 6.90. The number of nitrogens with zero attached hydrogens (tertiary/aromatic N) is 2. The zero-order valence-corrected chi connectivity index (χ0v) is 11.8. The second-order valence-corrected chi connectivity index (χ2v) is 4.67. The van der Waals surface area contributed by atoms with E-state index in [9.17, 15) is 14.9 Å². The number of carbonyl (C=O) groups is 1. The molecule has 0 bridgehead atoms. The van der Waals surface area contributed by atoms with Crippen LogP contribution in [0.2, 0.25) is 0 Å². The Labute approximate surface area is 126 Å². The van der Waals surface area contributed by atoms with Crippen molar-refractivity contribution in [1.82, 2.24) is 4.90 Å². The van der Waals surface area contributed by atoms with Gasteiger partial charge in [-0.05, 0) is 11.6 Å². The van der Waals surface area contributed by atoms with Gasteiger partial charge in [0, 0.05) is 19.0 Å². The first-order chi connectivity index (χ1) is 10.1. The average molecular weight is 309 g/mol. The first-order valence-corrected chi connectivity index (χ1v) is 6.78. The fraction of sp³-hybridized carbons (Fsp3) is 0.214. The Morgan fingerprint density at radius 2 is 1.95 bits per heavy atom. The first kappa shape index (κ1) is 15.1. The summed E-state index contributed by atoms with van der Waals surface area (Å²) < 4.78 is 4.94. The van der Waals surface area contributed by atoms with Gasteiger partial charge < -0.3 is 9.32 Å². The van der Waals surface area contributed by atoms with Gasteiger partial charge in [-0.3, -0.25) is 14.9 Å². The fourth-order valence-electron chi connectivity index (χ4n) is 1.85. The molecule has 0 spiro atoms. The topological polar surface area (TPSA) is 76.6 Å². The Hall–Kier alpha value is -2.34. The van der Waals surface area contributed by atoms with E-state index in [1.54, 1.807) is 0 Å². The molecule has 0 atom stereocenters. The summed E-state index contributed by atoms with van der Waals surface area (Å²) in [4.78, 5) is 23.7. The van der Waals surface area contributed by atoms with Crippen molar-refractivity contribution >= 4 is 23.4 Å².